The van der Waals surface area contributed by atoms with Crippen LogP contribution in [0.4, 0.5) is 0 Å². The van der Waals surface area contributed by atoms with Crippen molar-refractivity contribution < 1.29 is 0 Å². The standard InChI is InChI=1S/C19H22ClN3/c1-3-13(2)18(21)19-22-16-9-4-5-10-17(16)23(19)12-14-7-6-8-15(20)11-14/h4-11,13,18H,3,12,21H2,1-2H3/t13-,18+/m1/s1. The van der Waals surface area contributed by atoms with Crippen molar-refractivity contribution in [2.45, 2.75) is 32.9 Å². The molecule has 3 aromatic rings. The molecule has 0 spiro atoms. The van der Waals surface area contributed by atoms with Crippen LogP contribution in [0, 0.1) is 5.92 Å². The van der Waals surface area contributed by atoms with Gasteiger partial charge in [0.15, 0.2) is 0 Å². The van der Waals surface area contributed by atoms with Gasteiger partial charge in [-0.15, -0.1) is 0 Å². The number of hydrogen-bond acceptors (Lipinski definition) is 2. The summed E-state index contributed by atoms with van der Waals surface area (Å²) < 4.78 is 2.22. The van der Waals surface area contributed by atoms with E-state index in [1.54, 1.807) is 0 Å². The van der Waals surface area contributed by atoms with Crippen LogP contribution in [-0.2, 0) is 6.54 Å². The maximum absolute atomic E-state index is 6.49. The summed E-state index contributed by atoms with van der Waals surface area (Å²) >= 11 is 6.13. The Hall–Kier alpha value is -1.84. The van der Waals surface area contributed by atoms with Crippen LogP contribution in [0.1, 0.15) is 37.7 Å². The lowest BCUT2D eigenvalue weighted by molar-refractivity contribution is 0.428. The number of imidazole rings is 1. The zero-order chi connectivity index (χ0) is 16.4. The number of nitrogens with zero attached hydrogens (tertiary/aromatic N) is 2. The van der Waals surface area contributed by atoms with E-state index in [9.17, 15) is 0 Å². The molecule has 0 saturated heterocycles. The Bertz CT molecular complexity index is 809. The summed E-state index contributed by atoms with van der Waals surface area (Å²) in [5.41, 5.74) is 9.74. The molecule has 1 heterocycles. The summed E-state index contributed by atoms with van der Waals surface area (Å²) in [5, 5.41) is 0.750. The smallest absolute Gasteiger partial charge is 0.127 e. The van der Waals surface area contributed by atoms with Crippen LogP contribution < -0.4 is 5.73 Å². The number of benzene rings is 2. The lowest BCUT2D eigenvalue weighted by atomic mass is 9.99. The molecule has 0 bridgehead atoms. The molecule has 0 aliphatic carbocycles. The Morgan fingerprint density at radius 1 is 1.17 bits per heavy atom. The van der Waals surface area contributed by atoms with Crippen molar-refractivity contribution in [3.8, 4) is 0 Å². The summed E-state index contributed by atoms with van der Waals surface area (Å²) in [7, 11) is 0. The van der Waals surface area contributed by atoms with Gasteiger partial charge in [0.1, 0.15) is 5.82 Å². The third kappa shape index (κ3) is 3.26. The van der Waals surface area contributed by atoms with Crippen molar-refractivity contribution in [2.24, 2.45) is 11.7 Å². The van der Waals surface area contributed by atoms with Gasteiger partial charge in [-0.05, 0) is 35.7 Å². The second-order valence-electron chi connectivity index (χ2n) is 6.09. The van der Waals surface area contributed by atoms with Crippen molar-refractivity contribution in [1.29, 1.82) is 0 Å². The van der Waals surface area contributed by atoms with E-state index in [1.807, 2.05) is 36.4 Å². The first-order valence-electron chi connectivity index (χ1n) is 8.05. The highest BCUT2D eigenvalue weighted by molar-refractivity contribution is 6.30. The predicted octanol–water partition coefficient (Wildman–Crippen LogP) is 4.78. The largest absolute Gasteiger partial charge is 0.322 e. The number of aromatic nitrogens is 2. The molecule has 2 N–H and O–H groups in total. The highest BCUT2D eigenvalue weighted by Crippen LogP contribution is 2.26. The van der Waals surface area contributed by atoms with Crippen molar-refractivity contribution >= 4 is 22.6 Å². The van der Waals surface area contributed by atoms with Gasteiger partial charge in [-0.2, -0.15) is 0 Å². The number of fused-ring (bicyclic) bond motifs is 1. The second kappa shape index (κ2) is 6.73. The SMILES string of the molecule is CC[C@@H](C)[C@H](N)c1nc2ccccc2n1Cc1cccc(Cl)c1. The van der Waals surface area contributed by atoms with Crippen molar-refractivity contribution in [1.82, 2.24) is 9.55 Å². The molecular formula is C19H22ClN3. The zero-order valence-electron chi connectivity index (χ0n) is 13.5. The first-order chi connectivity index (χ1) is 11.1. The van der Waals surface area contributed by atoms with E-state index in [0.717, 1.165) is 40.4 Å². The van der Waals surface area contributed by atoms with Crippen molar-refractivity contribution in [2.75, 3.05) is 0 Å². The van der Waals surface area contributed by atoms with E-state index in [-0.39, 0.29) is 6.04 Å². The predicted molar refractivity (Wildman–Crippen MR) is 96.7 cm³/mol. The van der Waals surface area contributed by atoms with E-state index >= 15 is 0 Å². The molecule has 0 unspecified atom stereocenters. The van der Waals surface area contributed by atoms with Gasteiger partial charge in [-0.3, -0.25) is 0 Å². The van der Waals surface area contributed by atoms with Gasteiger partial charge in [-0.25, -0.2) is 4.98 Å². The number of hydrogen-bond donors (Lipinski definition) is 1. The fraction of sp³-hybridized carbons (Fsp3) is 0.316. The van der Waals surface area contributed by atoms with Crippen molar-refractivity contribution in [3.05, 3.63) is 64.9 Å². The van der Waals surface area contributed by atoms with Gasteiger partial charge >= 0.3 is 0 Å². The van der Waals surface area contributed by atoms with Crippen LogP contribution in [-0.4, -0.2) is 9.55 Å². The minimum Gasteiger partial charge on any atom is -0.322 e. The number of halogens is 1. The number of nitrogens with two attached hydrogens (primary N) is 1. The Kier molecular flexibility index (Phi) is 4.69. The normalized spacial score (nSPS) is 14.1. The molecule has 3 nitrogen and oxygen atoms in total. The van der Waals surface area contributed by atoms with E-state index in [4.69, 9.17) is 22.3 Å². The van der Waals surface area contributed by atoms with Crippen LogP contribution >= 0.6 is 11.6 Å². The van der Waals surface area contributed by atoms with Crippen molar-refractivity contribution in [3.63, 3.8) is 0 Å². The molecule has 2 aromatic carbocycles. The first-order valence-corrected chi connectivity index (χ1v) is 8.43. The van der Waals surface area contributed by atoms with Gasteiger partial charge in [-0.1, -0.05) is 56.1 Å². The van der Waals surface area contributed by atoms with Gasteiger partial charge < -0.3 is 10.3 Å². The topological polar surface area (TPSA) is 43.8 Å². The molecule has 3 rings (SSSR count). The van der Waals surface area contributed by atoms with Crippen LogP contribution in [0.15, 0.2) is 48.5 Å². The highest BCUT2D eigenvalue weighted by atomic mass is 35.5. The molecule has 0 aliphatic rings. The van der Waals surface area contributed by atoms with Crippen LogP contribution in [0.2, 0.25) is 5.02 Å². The third-order valence-electron chi connectivity index (χ3n) is 4.47. The van der Waals surface area contributed by atoms with E-state index in [0.29, 0.717) is 5.92 Å². The minimum absolute atomic E-state index is 0.0772. The maximum atomic E-state index is 6.49. The molecule has 23 heavy (non-hydrogen) atoms. The monoisotopic (exact) mass is 327 g/mol. The second-order valence-corrected chi connectivity index (χ2v) is 6.52. The van der Waals surface area contributed by atoms with E-state index in [1.165, 1.54) is 0 Å². The van der Waals surface area contributed by atoms with E-state index < -0.39 is 0 Å². The maximum Gasteiger partial charge on any atom is 0.127 e. The molecule has 120 valence electrons. The summed E-state index contributed by atoms with van der Waals surface area (Å²) in [6.07, 6.45) is 1.03. The lowest BCUT2D eigenvalue weighted by Crippen LogP contribution is -2.23. The average Bonchev–Trinajstić information content (AvgIpc) is 2.92. The highest BCUT2D eigenvalue weighted by Gasteiger charge is 2.21. The summed E-state index contributed by atoms with van der Waals surface area (Å²) in [6, 6.07) is 16.1. The first kappa shape index (κ1) is 16.0. The Balaban J connectivity index is 2.09. The van der Waals surface area contributed by atoms with Gasteiger partial charge in [0.2, 0.25) is 0 Å². The molecule has 0 radical (unpaired) electrons. The average molecular weight is 328 g/mol. The third-order valence-corrected chi connectivity index (χ3v) is 4.70. The lowest BCUT2D eigenvalue weighted by Gasteiger charge is -2.20. The quantitative estimate of drug-likeness (QED) is 0.732. The molecule has 0 amide bonds. The van der Waals surface area contributed by atoms with E-state index in [2.05, 4.69) is 30.5 Å². The van der Waals surface area contributed by atoms with Gasteiger partial charge in [0, 0.05) is 11.6 Å². The van der Waals surface area contributed by atoms with Crippen LogP contribution in [0.5, 0.6) is 0 Å². The molecule has 0 saturated carbocycles. The fourth-order valence-corrected chi connectivity index (χ4v) is 3.05. The molecule has 2 atom stereocenters. The number of para-hydroxylation sites is 2. The zero-order valence-corrected chi connectivity index (χ0v) is 14.3. The van der Waals surface area contributed by atoms with Crippen LogP contribution in [0.25, 0.3) is 11.0 Å². The van der Waals surface area contributed by atoms with Gasteiger partial charge in [0.25, 0.3) is 0 Å². The molecule has 0 fully saturated rings. The molecular weight excluding hydrogens is 306 g/mol. The summed E-state index contributed by atoms with van der Waals surface area (Å²) in [5.74, 6) is 1.32. The van der Waals surface area contributed by atoms with Crippen LogP contribution in [0.3, 0.4) is 0 Å². The summed E-state index contributed by atoms with van der Waals surface area (Å²) in [4.78, 5) is 4.81. The fourth-order valence-electron chi connectivity index (χ4n) is 2.84. The Morgan fingerprint density at radius 3 is 2.70 bits per heavy atom. The van der Waals surface area contributed by atoms with Gasteiger partial charge in [0.05, 0.1) is 17.1 Å². The minimum atomic E-state index is -0.0772. The molecule has 0 aliphatic heterocycles. The Morgan fingerprint density at radius 2 is 1.96 bits per heavy atom. The summed E-state index contributed by atoms with van der Waals surface area (Å²) in [6.45, 7) is 5.06. The molecule has 1 aromatic heterocycles. The molecule has 4 heteroatoms. The number of rotatable bonds is 5. The Labute approximate surface area is 142 Å².